The summed E-state index contributed by atoms with van der Waals surface area (Å²) in [6.07, 6.45) is 0. The smallest absolute Gasteiger partial charge is 0.342 e. The minimum Gasteiger partial charge on any atom is -0.506 e. The Morgan fingerprint density at radius 3 is 2.58 bits per heavy atom. The lowest BCUT2D eigenvalue weighted by Gasteiger charge is -2.20. The first kappa shape index (κ1) is 19.8. The van der Waals surface area contributed by atoms with Crippen molar-refractivity contribution >= 4 is 23.3 Å². The molecule has 0 aromatic heterocycles. The average molecular weight is 382 g/mol. The molecule has 2 rings (SSSR count). The number of phenols is 1. The number of carbonyl (C=O) groups excluding carboxylic acids is 1. The highest BCUT2D eigenvalue weighted by atomic mass is 35.5. The maximum atomic E-state index is 13.4. The number of aromatic hydroxyl groups is 1. The summed E-state index contributed by atoms with van der Waals surface area (Å²) >= 11 is 5.77. The number of methoxy groups -OCH3 is 1. The summed E-state index contributed by atoms with van der Waals surface area (Å²) < 4.78 is 24.0. The van der Waals surface area contributed by atoms with Crippen LogP contribution in [0, 0.1) is 5.82 Å². The molecule has 0 amide bonds. The largest absolute Gasteiger partial charge is 0.506 e. The van der Waals surface area contributed by atoms with Crippen LogP contribution in [-0.4, -0.2) is 23.8 Å². The maximum absolute atomic E-state index is 13.4. The van der Waals surface area contributed by atoms with Gasteiger partial charge in [0, 0.05) is 23.9 Å². The fourth-order valence-electron chi connectivity index (χ4n) is 2.25. The molecular weight excluding hydrogens is 361 g/mol. The molecule has 0 atom stereocenters. The van der Waals surface area contributed by atoms with Gasteiger partial charge in [-0.1, -0.05) is 11.6 Å². The van der Waals surface area contributed by atoms with Crippen LogP contribution in [0.1, 0.15) is 36.7 Å². The molecule has 140 valence electrons. The quantitative estimate of drug-likeness (QED) is 0.731. The van der Waals surface area contributed by atoms with E-state index in [2.05, 4.69) is 5.32 Å². The molecule has 2 aromatic carbocycles. The van der Waals surface area contributed by atoms with Crippen molar-refractivity contribution in [2.75, 3.05) is 12.4 Å². The third-order valence-corrected chi connectivity index (χ3v) is 3.70. The second kappa shape index (κ2) is 7.83. The molecule has 0 aliphatic carbocycles. The maximum Gasteiger partial charge on any atom is 0.342 e. The fourth-order valence-corrected chi connectivity index (χ4v) is 2.48. The van der Waals surface area contributed by atoms with Crippen molar-refractivity contribution in [1.82, 2.24) is 0 Å². The first-order valence-corrected chi connectivity index (χ1v) is 8.30. The Bertz CT molecular complexity index is 818. The topological polar surface area (TPSA) is 67.8 Å². The predicted octanol–water partition coefficient (Wildman–Crippen LogP) is 4.76. The van der Waals surface area contributed by atoms with Gasteiger partial charge in [0.05, 0.1) is 12.1 Å². The highest BCUT2D eigenvalue weighted by Crippen LogP contribution is 2.30. The molecule has 2 aromatic rings. The zero-order chi connectivity index (χ0) is 19.5. The third kappa shape index (κ3) is 5.02. The number of benzene rings is 2. The molecule has 0 radical (unpaired) electrons. The van der Waals surface area contributed by atoms with Gasteiger partial charge < -0.3 is 19.9 Å². The molecule has 0 saturated carbocycles. The highest BCUT2D eigenvalue weighted by Gasteiger charge is 2.21. The van der Waals surface area contributed by atoms with Crippen LogP contribution in [-0.2, 0) is 11.3 Å². The molecule has 0 aliphatic heterocycles. The fraction of sp³-hybridized carbons (Fsp3) is 0.316. The molecular formula is C19H21ClFNO4. The molecule has 2 N–H and O–H groups in total. The molecule has 7 heteroatoms. The average Bonchev–Trinajstić information content (AvgIpc) is 2.54. The molecule has 0 heterocycles. The number of hydrogen-bond donors (Lipinski definition) is 2. The number of anilines is 1. The van der Waals surface area contributed by atoms with Gasteiger partial charge in [-0.05, 0) is 45.0 Å². The van der Waals surface area contributed by atoms with Crippen molar-refractivity contribution in [1.29, 1.82) is 0 Å². The lowest BCUT2D eigenvalue weighted by molar-refractivity contribution is 0.00666. The van der Waals surface area contributed by atoms with Gasteiger partial charge in [0.1, 0.15) is 28.5 Å². The number of carbonyl (C=O) groups is 1. The van der Waals surface area contributed by atoms with E-state index in [1.807, 2.05) is 0 Å². The predicted molar refractivity (Wildman–Crippen MR) is 98.6 cm³/mol. The van der Waals surface area contributed by atoms with Crippen molar-refractivity contribution in [2.24, 2.45) is 0 Å². The lowest BCUT2D eigenvalue weighted by Crippen LogP contribution is -2.24. The van der Waals surface area contributed by atoms with Gasteiger partial charge >= 0.3 is 5.97 Å². The van der Waals surface area contributed by atoms with Gasteiger partial charge in [-0.15, -0.1) is 0 Å². The molecule has 0 aliphatic rings. The summed E-state index contributed by atoms with van der Waals surface area (Å²) in [5.74, 6) is -0.874. The third-order valence-electron chi connectivity index (χ3n) is 3.41. The summed E-state index contributed by atoms with van der Waals surface area (Å²) in [6, 6.07) is 7.10. The van der Waals surface area contributed by atoms with E-state index in [0.717, 1.165) is 6.07 Å². The van der Waals surface area contributed by atoms with Gasteiger partial charge in [0.15, 0.2) is 0 Å². The number of nitrogens with one attached hydrogen (secondary N) is 1. The van der Waals surface area contributed by atoms with Crippen LogP contribution in [0.5, 0.6) is 11.5 Å². The summed E-state index contributed by atoms with van der Waals surface area (Å²) in [5, 5.41) is 12.9. The standard InChI is InChI=1S/C19H21ClFNO4/c1-19(2,3)26-18(24)14-6-5-13(9-16(14)25-4)22-10-11-7-12(21)8-15(20)17(11)23/h5-9,22-23H,10H2,1-4H3. The Kier molecular flexibility index (Phi) is 5.97. The number of ether oxygens (including phenoxy) is 2. The Hall–Kier alpha value is -2.47. The van der Waals surface area contributed by atoms with Crippen LogP contribution >= 0.6 is 11.6 Å². The van der Waals surface area contributed by atoms with Crippen molar-refractivity contribution in [3.05, 3.63) is 52.3 Å². The van der Waals surface area contributed by atoms with Gasteiger partial charge in [-0.25, -0.2) is 9.18 Å². The van der Waals surface area contributed by atoms with Gasteiger partial charge in [-0.3, -0.25) is 0 Å². The number of halogens is 2. The van der Waals surface area contributed by atoms with Crippen molar-refractivity contribution in [3.8, 4) is 11.5 Å². The van der Waals surface area contributed by atoms with Crippen LogP contribution in [0.15, 0.2) is 30.3 Å². The zero-order valence-corrected chi connectivity index (χ0v) is 15.8. The van der Waals surface area contributed by atoms with Gasteiger partial charge in [0.2, 0.25) is 0 Å². The number of rotatable bonds is 5. The van der Waals surface area contributed by atoms with E-state index in [1.54, 1.807) is 39.0 Å². The minimum absolute atomic E-state index is 0.0559. The Morgan fingerprint density at radius 1 is 1.27 bits per heavy atom. The van der Waals surface area contributed by atoms with Crippen LogP contribution in [0.3, 0.4) is 0 Å². The Labute approximate surface area is 156 Å². The summed E-state index contributed by atoms with van der Waals surface area (Å²) in [7, 11) is 1.45. The van der Waals surface area contributed by atoms with Gasteiger partial charge in [-0.2, -0.15) is 0 Å². The van der Waals surface area contributed by atoms with Crippen molar-refractivity contribution in [3.63, 3.8) is 0 Å². The normalized spacial score (nSPS) is 11.2. The molecule has 0 fully saturated rings. The van der Waals surface area contributed by atoms with Crippen LogP contribution in [0.25, 0.3) is 0 Å². The van der Waals surface area contributed by atoms with E-state index >= 15 is 0 Å². The lowest BCUT2D eigenvalue weighted by atomic mass is 10.1. The number of esters is 1. The van der Waals surface area contributed by atoms with E-state index in [-0.39, 0.29) is 17.3 Å². The molecule has 0 bridgehead atoms. The number of phenolic OH excluding ortho intramolecular Hbond substituents is 1. The summed E-state index contributed by atoms with van der Waals surface area (Å²) in [4.78, 5) is 12.2. The van der Waals surface area contributed by atoms with Crippen LogP contribution < -0.4 is 10.1 Å². The summed E-state index contributed by atoms with van der Waals surface area (Å²) in [6.45, 7) is 5.48. The first-order chi connectivity index (χ1) is 12.1. The Balaban J connectivity index is 2.18. The summed E-state index contributed by atoms with van der Waals surface area (Å²) in [5.41, 5.74) is 0.608. The minimum atomic E-state index is -0.618. The molecule has 5 nitrogen and oxygen atoms in total. The molecule has 0 spiro atoms. The molecule has 0 saturated heterocycles. The molecule has 26 heavy (non-hydrogen) atoms. The van der Waals surface area contributed by atoms with Crippen molar-refractivity contribution < 1.29 is 23.8 Å². The monoisotopic (exact) mass is 381 g/mol. The van der Waals surface area contributed by atoms with Crippen LogP contribution in [0.4, 0.5) is 10.1 Å². The van der Waals surface area contributed by atoms with Crippen molar-refractivity contribution in [2.45, 2.75) is 32.9 Å². The second-order valence-corrected chi connectivity index (χ2v) is 7.07. The van der Waals surface area contributed by atoms with E-state index in [1.165, 1.54) is 13.2 Å². The highest BCUT2D eigenvalue weighted by molar-refractivity contribution is 6.32. The van der Waals surface area contributed by atoms with Crippen LogP contribution in [0.2, 0.25) is 5.02 Å². The van der Waals surface area contributed by atoms with E-state index < -0.39 is 17.4 Å². The first-order valence-electron chi connectivity index (χ1n) is 7.93. The van der Waals surface area contributed by atoms with E-state index in [9.17, 15) is 14.3 Å². The molecule has 0 unspecified atom stereocenters. The SMILES string of the molecule is COc1cc(NCc2cc(F)cc(Cl)c2O)ccc1C(=O)OC(C)(C)C. The van der Waals surface area contributed by atoms with E-state index in [4.69, 9.17) is 21.1 Å². The number of hydrogen-bond acceptors (Lipinski definition) is 5. The Morgan fingerprint density at radius 2 is 1.96 bits per heavy atom. The second-order valence-electron chi connectivity index (χ2n) is 6.67. The van der Waals surface area contributed by atoms with Gasteiger partial charge in [0.25, 0.3) is 0 Å². The van der Waals surface area contributed by atoms with E-state index in [0.29, 0.717) is 22.6 Å². The zero-order valence-electron chi connectivity index (χ0n) is 15.0.